The van der Waals surface area contributed by atoms with Gasteiger partial charge in [0.05, 0.1) is 11.8 Å². The molecule has 0 aromatic rings. The Hall–Kier alpha value is -1.17. The molecule has 0 N–H and O–H groups in total. The molecule has 6 heteroatoms. The largest absolute Gasteiger partial charge is 0 e. The van der Waals surface area contributed by atoms with E-state index in [2.05, 4.69) is 32.1 Å². The first-order chi connectivity index (χ1) is 11.8. The molecule has 0 saturated heterocycles. The van der Waals surface area contributed by atoms with E-state index in [0.717, 1.165) is 12.8 Å². The third-order valence-electron chi connectivity index (χ3n) is 4.81. The maximum Gasteiger partial charge on any atom is 0 e. The van der Waals surface area contributed by atoms with Crippen molar-refractivity contribution < 1.29 is 40.9 Å². The molecule has 0 heterocycles. The van der Waals surface area contributed by atoms with E-state index >= 15 is 0 Å². The Morgan fingerprint density at radius 1 is 0.720 bits per heavy atom. The molecule has 0 unspecified atom stereocenters. The van der Waals surface area contributed by atoms with E-state index in [9.17, 15) is 9.59 Å². The van der Waals surface area contributed by atoms with Crippen LogP contribution in [0.25, 0.3) is 0 Å². The fourth-order valence-corrected chi connectivity index (χ4v) is 3.98. The molecule has 5 aliphatic rings. The van der Waals surface area contributed by atoms with Crippen molar-refractivity contribution in [1.82, 2.24) is 0 Å². The molecule has 5 nitrogen and oxygen atoms in total. The molecule has 0 aromatic carbocycles. The number of carbonyl (C=O) groups excluding carboxylic acids is 2. The molecule has 4 atom stereocenters. The first-order valence-corrected chi connectivity index (χ1v) is 7.24. The topological polar surface area (TPSA) is 93.8 Å². The fourth-order valence-electron chi connectivity index (χ4n) is 3.98. The first kappa shape index (κ1) is 23.8. The zero-order valence-corrected chi connectivity index (χ0v) is 14.4. The third-order valence-corrected chi connectivity index (χ3v) is 4.81. The summed E-state index contributed by atoms with van der Waals surface area (Å²) in [6, 6.07) is 0. The average molecular weight is 374 g/mol. The molecule has 0 spiro atoms. The maximum atomic E-state index is 12.6. The van der Waals surface area contributed by atoms with E-state index in [1.807, 2.05) is 12.8 Å². The fraction of sp³-hybridized carbons (Fsp3) is 0.316. The summed E-state index contributed by atoms with van der Waals surface area (Å²) >= 11 is 0. The van der Waals surface area contributed by atoms with Crippen molar-refractivity contribution in [3.63, 3.8) is 0 Å². The predicted octanol–water partition coefficient (Wildman–Crippen LogP) is 1.83. The number of hydrogen-bond acceptors (Lipinski definition) is 2. The maximum absolute atomic E-state index is 12.6. The van der Waals surface area contributed by atoms with Crippen LogP contribution in [-0.4, -0.2) is 11.6 Å². The number of hydrogen-bond donors (Lipinski definition) is 0. The van der Waals surface area contributed by atoms with Gasteiger partial charge in [-0.3, -0.25) is 9.59 Å². The summed E-state index contributed by atoms with van der Waals surface area (Å²) in [5, 5.41) is 0. The smallest absolute Gasteiger partial charge is 0 e. The Labute approximate surface area is 158 Å². The van der Waals surface area contributed by atoms with Crippen molar-refractivity contribution in [3.05, 3.63) is 69.6 Å². The van der Waals surface area contributed by atoms with Crippen LogP contribution in [0, 0.1) is 81.1 Å². The molecule has 0 aliphatic heterocycles. The van der Waals surface area contributed by atoms with E-state index in [1.54, 1.807) is 12.8 Å². The van der Waals surface area contributed by atoms with Crippen molar-refractivity contribution in [2.75, 3.05) is 0 Å². The van der Waals surface area contributed by atoms with Crippen molar-refractivity contribution in [1.29, 1.82) is 0 Å². The minimum absolute atomic E-state index is 0. The summed E-state index contributed by atoms with van der Waals surface area (Å²) in [7, 11) is 0. The van der Waals surface area contributed by atoms with Crippen LogP contribution in [0.15, 0.2) is 12.2 Å². The number of rotatable bonds is 0. The molecular formula is C19H14CrO5. The molecule has 3 saturated carbocycles. The van der Waals surface area contributed by atoms with E-state index in [1.165, 1.54) is 0 Å². The zero-order valence-electron chi connectivity index (χ0n) is 13.1. The Morgan fingerprint density at radius 3 is 1.32 bits per heavy atom. The van der Waals surface area contributed by atoms with E-state index < -0.39 is 0 Å². The molecule has 126 valence electrons. The van der Waals surface area contributed by atoms with Gasteiger partial charge in [0, 0.05) is 29.2 Å². The van der Waals surface area contributed by atoms with E-state index in [-0.39, 0.29) is 52.6 Å². The van der Waals surface area contributed by atoms with Crippen LogP contribution in [-0.2, 0) is 40.9 Å². The monoisotopic (exact) mass is 374 g/mol. The summed E-state index contributed by atoms with van der Waals surface area (Å²) in [5.74, 6) is 2.06. The number of carbonyl (C=O) groups is 2. The van der Waals surface area contributed by atoms with Gasteiger partial charge in [0.15, 0.2) is 0 Å². The first-order valence-electron chi connectivity index (χ1n) is 7.24. The van der Waals surface area contributed by atoms with Gasteiger partial charge in [-0.05, 0) is 50.4 Å². The summed E-state index contributed by atoms with van der Waals surface area (Å²) < 4.78 is 22.5. The Morgan fingerprint density at radius 2 is 1.04 bits per heavy atom. The van der Waals surface area contributed by atoms with Gasteiger partial charge < -0.3 is 0 Å². The van der Waals surface area contributed by atoms with E-state index in [4.69, 9.17) is 14.0 Å². The van der Waals surface area contributed by atoms with Crippen LogP contribution in [0.5, 0.6) is 0 Å². The van der Waals surface area contributed by atoms with Gasteiger partial charge in [0.1, 0.15) is 11.6 Å². The van der Waals surface area contributed by atoms with Gasteiger partial charge in [-0.15, -0.1) is 0 Å². The molecule has 5 aliphatic carbocycles. The molecule has 3 fully saturated rings. The van der Waals surface area contributed by atoms with Crippen molar-refractivity contribution >= 4 is 11.6 Å². The summed E-state index contributed by atoms with van der Waals surface area (Å²) in [5.41, 5.74) is 0. The Balaban J connectivity index is 0.000000751. The quantitative estimate of drug-likeness (QED) is 0.367. The molecule has 25 heavy (non-hydrogen) atoms. The minimum Gasteiger partial charge on any atom is 0 e. The molecule has 5 rings (SSSR count). The third kappa shape index (κ3) is 4.33. The summed E-state index contributed by atoms with van der Waals surface area (Å²) in [6.07, 6.45) is 13.7. The molecule has 6 radical (unpaired) electrons. The Kier molecular flexibility index (Phi) is 10.9. The van der Waals surface area contributed by atoms with Gasteiger partial charge in [-0.25, -0.2) is 0 Å². The van der Waals surface area contributed by atoms with Crippen LogP contribution < -0.4 is 0 Å². The number of allylic oxidation sites excluding steroid dienone is 2. The minimum atomic E-state index is -0.0869. The van der Waals surface area contributed by atoms with Gasteiger partial charge in [-0.1, -0.05) is 12.2 Å². The number of Topliss-reactive ketones (excluding diaryl/α,β-unsaturated/α-hetero) is 2. The normalized spacial score (nSPS) is 31.9. The number of ketones is 2. The van der Waals surface area contributed by atoms with Gasteiger partial charge in [0.2, 0.25) is 0 Å². The van der Waals surface area contributed by atoms with Crippen LogP contribution in [0.1, 0.15) is 12.8 Å². The molecule has 0 aromatic heterocycles. The second-order valence-corrected chi connectivity index (χ2v) is 5.62. The second kappa shape index (κ2) is 11.4. The van der Waals surface area contributed by atoms with Crippen molar-refractivity contribution in [2.45, 2.75) is 12.8 Å². The van der Waals surface area contributed by atoms with Crippen LogP contribution in [0.2, 0.25) is 0 Å². The second-order valence-electron chi connectivity index (χ2n) is 5.62. The standard InChI is InChI=1S/C16H14O2.3CO.Cr/c17-15-11-3-1-2-4-12(11)16(18)14-10-7-5-9(6-8-10)13(14)15;3*1-2;/h1-5,7,9-10,13-14H,6,8H2;;;;/t9-,10+,13-,14+;;;;. The SMILES string of the molecule is O=C1[C]2[CH][CH][CH][CH][C]2C(=O)[C@H]2[C@@H]1[C@H]1C=C[C@@H]2CC1.[C-]#[O+].[C-]#[O+].[C-]#[O+].[Cr]. The zero-order chi connectivity index (χ0) is 18.3. The molecular weight excluding hydrogens is 360 g/mol. The van der Waals surface area contributed by atoms with E-state index in [0.29, 0.717) is 11.8 Å². The molecule has 2 bridgehead atoms. The number of fused-ring (bicyclic) bond motifs is 2. The van der Waals surface area contributed by atoms with Gasteiger partial charge in [-0.2, -0.15) is 0 Å². The van der Waals surface area contributed by atoms with Crippen molar-refractivity contribution in [3.8, 4) is 0 Å². The van der Waals surface area contributed by atoms with Gasteiger partial charge in [0.25, 0.3) is 0 Å². The van der Waals surface area contributed by atoms with Crippen LogP contribution in [0.4, 0.5) is 0 Å². The van der Waals surface area contributed by atoms with Crippen LogP contribution >= 0.6 is 0 Å². The summed E-state index contributed by atoms with van der Waals surface area (Å²) in [4.78, 5) is 25.2. The summed E-state index contributed by atoms with van der Waals surface area (Å²) in [6.45, 7) is 13.5. The van der Waals surface area contributed by atoms with Crippen molar-refractivity contribution in [2.24, 2.45) is 23.7 Å². The van der Waals surface area contributed by atoms with Crippen LogP contribution in [0.3, 0.4) is 0 Å². The van der Waals surface area contributed by atoms with Gasteiger partial charge >= 0.3 is 33.9 Å². The molecule has 0 amide bonds. The Bertz CT molecular complexity index is 508. The predicted molar refractivity (Wildman–Crippen MR) is 77.8 cm³/mol. The average Bonchev–Trinajstić information content (AvgIpc) is 2.71.